The molecule has 1 saturated carbocycles. The van der Waals surface area contributed by atoms with Gasteiger partial charge in [0.1, 0.15) is 5.01 Å². The van der Waals surface area contributed by atoms with Crippen molar-refractivity contribution < 1.29 is 4.79 Å². The quantitative estimate of drug-likeness (QED) is 0.843. The molecule has 0 bridgehead atoms. The van der Waals surface area contributed by atoms with Gasteiger partial charge in [-0.15, -0.1) is 10.2 Å². The highest BCUT2D eigenvalue weighted by molar-refractivity contribution is 7.15. The Balaban J connectivity index is 2.00. The van der Waals surface area contributed by atoms with Crippen LogP contribution in [0.2, 0.25) is 0 Å². The van der Waals surface area contributed by atoms with E-state index in [-0.39, 0.29) is 17.2 Å². The summed E-state index contributed by atoms with van der Waals surface area (Å²) in [4.78, 5) is 12.3. The van der Waals surface area contributed by atoms with E-state index in [1.165, 1.54) is 16.9 Å². The van der Waals surface area contributed by atoms with Gasteiger partial charge in [-0.1, -0.05) is 43.8 Å². The maximum absolute atomic E-state index is 12.3. The summed E-state index contributed by atoms with van der Waals surface area (Å²) in [6.45, 7) is 10.5. The largest absolute Gasteiger partial charge is 0.300 e. The first-order valence-electron chi connectivity index (χ1n) is 7.14. The third-order valence-electron chi connectivity index (χ3n) is 3.87. The summed E-state index contributed by atoms with van der Waals surface area (Å²) < 4.78 is 0. The fourth-order valence-electron chi connectivity index (χ4n) is 2.65. The Morgan fingerprint density at radius 3 is 2.70 bits per heavy atom. The van der Waals surface area contributed by atoms with E-state index >= 15 is 0 Å². The first kappa shape index (κ1) is 15.2. The van der Waals surface area contributed by atoms with Crippen molar-refractivity contribution in [3.8, 4) is 0 Å². The molecule has 0 aliphatic heterocycles. The van der Waals surface area contributed by atoms with Gasteiger partial charge in [0.25, 0.3) is 0 Å². The second-order valence-electron chi connectivity index (χ2n) is 6.31. The highest BCUT2D eigenvalue weighted by Gasteiger charge is 2.60. The summed E-state index contributed by atoms with van der Waals surface area (Å²) in [7, 11) is 0. The second-order valence-corrected chi connectivity index (χ2v) is 7.37. The highest BCUT2D eigenvalue weighted by atomic mass is 32.1. The number of allylic oxidation sites excluding steroid dienone is 2. The van der Waals surface area contributed by atoms with Crippen LogP contribution >= 0.6 is 11.3 Å². The van der Waals surface area contributed by atoms with E-state index in [4.69, 9.17) is 0 Å². The summed E-state index contributed by atoms with van der Waals surface area (Å²) in [6.07, 6.45) is 4.16. The van der Waals surface area contributed by atoms with Gasteiger partial charge >= 0.3 is 0 Å². The van der Waals surface area contributed by atoms with Crippen LogP contribution < -0.4 is 5.32 Å². The van der Waals surface area contributed by atoms with Gasteiger partial charge < -0.3 is 5.32 Å². The van der Waals surface area contributed by atoms with Crippen LogP contribution in [0.1, 0.15) is 46.0 Å². The maximum atomic E-state index is 12.3. The molecule has 0 spiro atoms. The summed E-state index contributed by atoms with van der Waals surface area (Å²) in [5.41, 5.74) is 1.30. The van der Waals surface area contributed by atoms with Crippen LogP contribution in [0, 0.1) is 17.3 Å². The first-order chi connectivity index (χ1) is 9.36. The number of anilines is 1. The number of rotatable bonds is 5. The minimum atomic E-state index is 0.0379. The zero-order chi connectivity index (χ0) is 14.9. The molecule has 4 nitrogen and oxygen atoms in total. The molecule has 1 fully saturated rings. The van der Waals surface area contributed by atoms with Crippen LogP contribution in [0.25, 0.3) is 0 Å². The van der Waals surface area contributed by atoms with E-state index in [0.717, 1.165) is 17.8 Å². The SMILES string of the molecule is CCCc1nnc(NC(=O)[C@@H]2[C@H](C=C(C)C)C2(C)C)s1. The molecule has 20 heavy (non-hydrogen) atoms. The molecule has 0 aromatic carbocycles. The molecule has 5 heteroatoms. The number of carbonyl (C=O) groups excluding carboxylic acids is 1. The normalized spacial score (nSPS) is 23.2. The summed E-state index contributed by atoms with van der Waals surface area (Å²) >= 11 is 1.48. The van der Waals surface area contributed by atoms with Crippen molar-refractivity contribution in [3.05, 3.63) is 16.7 Å². The van der Waals surface area contributed by atoms with E-state index in [1.807, 2.05) is 0 Å². The molecule has 1 amide bonds. The van der Waals surface area contributed by atoms with Gasteiger partial charge in [0.2, 0.25) is 11.0 Å². The van der Waals surface area contributed by atoms with Gasteiger partial charge in [0.15, 0.2) is 0 Å². The third-order valence-corrected chi connectivity index (χ3v) is 4.77. The Bertz CT molecular complexity index is 529. The van der Waals surface area contributed by atoms with Crippen molar-refractivity contribution in [1.82, 2.24) is 10.2 Å². The van der Waals surface area contributed by atoms with Crippen molar-refractivity contribution in [2.45, 2.75) is 47.5 Å². The molecule has 0 unspecified atom stereocenters. The standard InChI is InChI=1S/C15H23N3OS/c1-6-7-11-17-18-14(20-11)16-13(19)12-10(8-9(2)3)15(12,4)5/h8,10,12H,6-7H2,1-5H3,(H,16,18,19)/t10-,12-/m0/s1. The fraction of sp³-hybridized carbons (Fsp3) is 0.667. The fourth-order valence-corrected chi connectivity index (χ4v) is 3.50. The van der Waals surface area contributed by atoms with E-state index in [2.05, 4.69) is 56.2 Å². The summed E-state index contributed by atoms with van der Waals surface area (Å²) in [6, 6.07) is 0. The van der Waals surface area contributed by atoms with E-state index in [1.54, 1.807) is 0 Å². The number of nitrogens with one attached hydrogen (secondary N) is 1. The smallest absolute Gasteiger partial charge is 0.230 e. The lowest BCUT2D eigenvalue weighted by Gasteiger charge is -2.01. The van der Waals surface area contributed by atoms with Crippen LogP contribution in [0.4, 0.5) is 5.13 Å². The van der Waals surface area contributed by atoms with Gasteiger partial charge in [-0.05, 0) is 31.6 Å². The summed E-state index contributed by atoms with van der Waals surface area (Å²) in [5.74, 6) is 0.433. The molecular formula is C15H23N3OS. The third kappa shape index (κ3) is 3.08. The molecule has 0 radical (unpaired) electrons. The van der Waals surface area contributed by atoms with Gasteiger partial charge in [0, 0.05) is 6.42 Å². The molecule has 2 rings (SSSR count). The zero-order valence-corrected chi connectivity index (χ0v) is 13.7. The van der Waals surface area contributed by atoms with Crippen LogP contribution in [0.15, 0.2) is 11.6 Å². The molecule has 110 valence electrons. The van der Waals surface area contributed by atoms with Crippen LogP contribution in [0.5, 0.6) is 0 Å². The Morgan fingerprint density at radius 2 is 2.10 bits per heavy atom. The molecule has 1 aliphatic carbocycles. The molecule has 0 saturated heterocycles. The minimum Gasteiger partial charge on any atom is -0.300 e. The Hall–Kier alpha value is -1.23. The van der Waals surface area contributed by atoms with Gasteiger partial charge in [-0.3, -0.25) is 4.79 Å². The Kier molecular flexibility index (Phi) is 4.28. The zero-order valence-electron chi connectivity index (χ0n) is 12.9. The maximum Gasteiger partial charge on any atom is 0.230 e. The van der Waals surface area contributed by atoms with Crippen LogP contribution in [-0.4, -0.2) is 16.1 Å². The monoisotopic (exact) mass is 293 g/mol. The van der Waals surface area contributed by atoms with Crippen molar-refractivity contribution in [2.24, 2.45) is 17.3 Å². The number of carbonyl (C=O) groups is 1. The topological polar surface area (TPSA) is 54.9 Å². The lowest BCUT2D eigenvalue weighted by Crippen LogP contribution is -2.16. The lowest BCUT2D eigenvalue weighted by molar-refractivity contribution is -0.118. The molecule has 2 atom stereocenters. The van der Waals surface area contributed by atoms with Gasteiger partial charge in [0.05, 0.1) is 5.92 Å². The second kappa shape index (κ2) is 5.64. The molecule has 1 aliphatic rings. The van der Waals surface area contributed by atoms with Crippen LogP contribution in [-0.2, 0) is 11.2 Å². The number of hydrogen-bond donors (Lipinski definition) is 1. The van der Waals surface area contributed by atoms with Crippen molar-refractivity contribution in [3.63, 3.8) is 0 Å². The van der Waals surface area contributed by atoms with E-state index in [9.17, 15) is 4.79 Å². The average Bonchev–Trinajstić information content (AvgIpc) is 2.70. The number of aryl methyl sites for hydroxylation is 1. The van der Waals surface area contributed by atoms with E-state index in [0.29, 0.717) is 11.0 Å². The first-order valence-corrected chi connectivity index (χ1v) is 7.96. The predicted octanol–water partition coefficient (Wildman–Crippen LogP) is 3.67. The Labute approximate surface area is 124 Å². The molecule has 1 heterocycles. The lowest BCUT2D eigenvalue weighted by atomic mass is 10.1. The minimum absolute atomic E-state index is 0.0379. The highest BCUT2D eigenvalue weighted by Crippen LogP contribution is 2.59. The number of hydrogen-bond acceptors (Lipinski definition) is 4. The Morgan fingerprint density at radius 1 is 1.40 bits per heavy atom. The van der Waals surface area contributed by atoms with Crippen molar-refractivity contribution in [1.29, 1.82) is 0 Å². The molecule has 1 aromatic heterocycles. The molecule has 1 aromatic rings. The van der Waals surface area contributed by atoms with Gasteiger partial charge in [-0.2, -0.15) is 0 Å². The van der Waals surface area contributed by atoms with Crippen molar-refractivity contribution in [2.75, 3.05) is 5.32 Å². The number of aromatic nitrogens is 2. The van der Waals surface area contributed by atoms with Crippen LogP contribution in [0.3, 0.4) is 0 Å². The molecule has 1 N–H and O–H groups in total. The average molecular weight is 293 g/mol. The van der Waals surface area contributed by atoms with E-state index < -0.39 is 0 Å². The molecular weight excluding hydrogens is 270 g/mol. The van der Waals surface area contributed by atoms with Crippen molar-refractivity contribution >= 4 is 22.4 Å². The number of amides is 1. The summed E-state index contributed by atoms with van der Waals surface area (Å²) in [5, 5.41) is 12.6. The number of nitrogens with zero attached hydrogens (tertiary/aromatic N) is 2. The predicted molar refractivity (Wildman–Crippen MR) is 82.7 cm³/mol. The van der Waals surface area contributed by atoms with Gasteiger partial charge in [-0.25, -0.2) is 0 Å².